The van der Waals surface area contributed by atoms with Crippen LogP contribution in [-0.2, 0) is 40.5 Å². The van der Waals surface area contributed by atoms with E-state index in [9.17, 15) is 23.7 Å². The van der Waals surface area contributed by atoms with E-state index < -0.39 is 10.1 Å². The monoisotopic (exact) mass is 2050 g/mol. The molecule has 5 aromatic heterocycles. The highest BCUT2D eigenvalue weighted by molar-refractivity contribution is 8.04. The summed E-state index contributed by atoms with van der Waals surface area (Å²) in [6.45, 7) is 30.7. The van der Waals surface area contributed by atoms with Gasteiger partial charge in [-0.3, -0.25) is 4.18 Å². The number of rotatable bonds is 25. The van der Waals surface area contributed by atoms with Crippen molar-refractivity contribution in [1.29, 1.82) is 0 Å². The number of aliphatic hydroxyl groups excluding tert-OH is 4. The Morgan fingerprint density at radius 3 is 1.12 bits per heavy atom. The van der Waals surface area contributed by atoms with Crippen LogP contribution in [0.25, 0.3) is 69.3 Å². The fourth-order valence-corrected chi connectivity index (χ4v) is 23.7. The lowest BCUT2D eigenvalue weighted by Crippen LogP contribution is -3.00. The molecule has 0 aliphatic carbocycles. The number of β-amino-alcohol motifs (C(OH)–C–C–N with tert-alkyl or cyclic N) is 1. The van der Waals surface area contributed by atoms with Gasteiger partial charge in [-0.15, -0.1) is 11.3 Å². The van der Waals surface area contributed by atoms with Gasteiger partial charge in [0.15, 0.2) is 26.2 Å². The van der Waals surface area contributed by atoms with E-state index in [1.807, 2.05) is 61.2 Å². The van der Waals surface area contributed by atoms with Crippen molar-refractivity contribution in [1.82, 2.24) is 4.98 Å². The van der Waals surface area contributed by atoms with Gasteiger partial charge in [0.2, 0.25) is 27.1 Å². The molecule has 0 amide bonds. The van der Waals surface area contributed by atoms with Gasteiger partial charge in [-0.1, -0.05) is 125 Å². The van der Waals surface area contributed by atoms with Crippen LogP contribution >= 0.6 is 92.0 Å². The Morgan fingerprint density at radius 1 is 0.408 bits per heavy atom. The number of methoxy groups -OCH3 is 3. The first-order valence-electron chi connectivity index (χ1n) is 40.6. The molecule has 664 valence electrons. The number of hydrogen-bond donors (Lipinski definition) is 4. The van der Waals surface area contributed by atoms with Gasteiger partial charge in [0, 0.05) is 65.5 Å². The van der Waals surface area contributed by atoms with E-state index in [-0.39, 0.29) is 84.0 Å². The molecule has 0 unspecified atom stereocenters. The molecule has 0 saturated carbocycles. The van der Waals surface area contributed by atoms with Gasteiger partial charge < -0.3 is 100 Å². The Labute approximate surface area is 799 Å². The maximum atomic E-state index is 11.5. The number of hydrogen-bond acceptors (Lipinski definition) is 22. The molecule has 18 nitrogen and oxygen atoms in total. The quantitative estimate of drug-likeness (QED) is 0.0312. The average molecular weight is 2050 g/mol. The highest BCUT2D eigenvalue weighted by Gasteiger charge is 2.30. The summed E-state index contributed by atoms with van der Waals surface area (Å²) in [6, 6.07) is 50.7. The zero-order valence-corrected chi connectivity index (χ0v) is 85.5. The van der Waals surface area contributed by atoms with Gasteiger partial charge >= 0.3 is 0 Å². The Hall–Kier alpha value is -7.31. The standard InChI is InChI=1S/C26H31N2O4S3.C25H29N2O2S2.C24H27N2O3S2.C11H14NOS.C9H9NS.3BrH/c1-6-11-27-21-14-18(2)7-9-23(21)33-25(27)15-19(3)16-26-28(12-13-32-35(5,29)30)22-17-20(31-4)8-10-24(22)34-26;1-5-10-26-20-13-17(2)6-8-22(20)30-24(26)14-18(3)15-25-27(11-12-28)21-16-19(29-4)7-9-23(21)31-25;1-16-4-6-21-19(12-16)25(8-10-27)23(30-21)13-17(2)14-24-26(9-11-28)20-15-18(29-3)5-7-22(20)31-24;1-8-3-4-11-10(7-8)12(5-6-13)9(2)14-11;1-6-3-4-9-8(5-6)10-7(2)11-9;;;/h7-10,14-17H,6,11-13H2,1-5H3;6-9,13-16,28H,5,10-12H2,1-4H3;4-7,12-15,27-28H,8-11H2,1-3H3;3-4,7,13H,5-6H2,1-2H3;3-5H,1-2H3;3*1H/q4*+1;;;;/p-3. The largest absolute Gasteiger partial charge is 1.00 e. The molecule has 13 aromatic rings. The molecule has 0 fully saturated rings. The van der Waals surface area contributed by atoms with Crippen LogP contribution in [0.5, 0.6) is 17.2 Å². The summed E-state index contributed by atoms with van der Waals surface area (Å²) in [5.41, 5.74) is 19.0. The number of allylic oxidation sites excluding steroid dienone is 6. The average Bonchev–Trinajstić information content (AvgIpc) is 1.64. The summed E-state index contributed by atoms with van der Waals surface area (Å²) >= 11 is 14.0. The van der Waals surface area contributed by atoms with Crippen molar-refractivity contribution >= 4 is 188 Å². The SMILES string of the molecule is CCCN1C(=CC(C)=Cc2sc3ccc(OC)cc3[n+]2CCO)Sc2ccc(C)cc21.CCCN1C(=CC(C)=Cc2sc3ccc(OC)cc3[n+]2CCOS(C)(=O)=O)Sc2ccc(C)cc21.COc1ccc2sc(C=C(C)C=C3Sc4ccc(C)cc4N3CCO)[n+](CCO)c2c1.Cc1ccc2sc(C)[n+](CCO)c2c1.Cc1ccc2sc(C)nc2c1.[Br-].[Br-].[Br-]. The highest BCUT2D eigenvalue weighted by Crippen LogP contribution is 2.50. The van der Waals surface area contributed by atoms with E-state index in [0.29, 0.717) is 32.7 Å². The van der Waals surface area contributed by atoms with Crippen LogP contribution in [0.1, 0.15) is 100 Å². The van der Waals surface area contributed by atoms with Gasteiger partial charge in [-0.25, -0.2) is 4.98 Å². The number of thiazole rings is 5. The molecular weight excluding hydrogens is 1940 g/mol. The minimum absolute atomic E-state index is 0. The molecule has 0 saturated heterocycles. The van der Waals surface area contributed by atoms with Crippen LogP contribution in [0, 0.1) is 48.5 Å². The van der Waals surface area contributed by atoms with Crippen LogP contribution < -0.4 is 98.1 Å². The summed E-state index contributed by atoms with van der Waals surface area (Å²) in [6.07, 6.45) is 16.5. The smallest absolute Gasteiger partial charge is 0.264 e. The molecular formula is C95H110Br3N8O10S9+. The highest BCUT2D eigenvalue weighted by atomic mass is 79.9. The van der Waals surface area contributed by atoms with Crippen molar-refractivity contribution in [3.05, 3.63) is 248 Å². The molecule has 8 heterocycles. The zero-order valence-electron chi connectivity index (χ0n) is 73.3. The van der Waals surface area contributed by atoms with Crippen molar-refractivity contribution in [3.8, 4) is 17.2 Å². The molecule has 0 radical (unpaired) electrons. The lowest BCUT2D eigenvalue weighted by Gasteiger charge is -2.20. The molecule has 4 N–H and O–H groups in total. The lowest BCUT2D eigenvalue weighted by molar-refractivity contribution is -0.674. The van der Waals surface area contributed by atoms with Gasteiger partial charge in [-0.2, -0.15) is 26.7 Å². The van der Waals surface area contributed by atoms with Gasteiger partial charge in [0.1, 0.15) is 62.5 Å². The molecule has 3 aliphatic heterocycles. The Morgan fingerprint density at radius 2 is 0.744 bits per heavy atom. The first-order chi connectivity index (χ1) is 58.7. The molecule has 30 heteroatoms. The minimum atomic E-state index is -3.50. The summed E-state index contributed by atoms with van der Waals surface area (Å²) in [7, 11) is 1.48. The minimum Gasteiger partial charge on any atom is -1.00 e. The Bertz CT molecular complexity index is 6090. The van der Waals surface area contributed by atoms with Crippen molar-refractivity contribution in [2.24, 2.45) is 0 Å². The molecule has 0 atom stereocenters. The van der Waals surface area contributed by atoms with Crippen LogP contribution in [0.3, 0.4) is 0 Å². The number of ether oxygens (including phenoxy) is 3. The number of fused-ring (bicyclic) bond motifs is 8. The summed E-state index contributed by atoms with van der Waals surface area (Å²) < 4.78 is 58.9. The van der Waals surface area contributed by atoms with E-state index in [1.165, 1.54) is 94.1 Å². The zero-order chi connectivity index (χ0) is 87.1. The van der Waals surface area contributed by atoms with E-state index >= 15 is 0 Å². The number of aromatic nitrogens is 5. The number of aryl methyl sites for hydroxylation is 7. The summed E-state index contributed by atoms with van der Waals surface area (Å²) in [5.74, 6) is 2.39. The van der Waals surface area contributed by atoms with Gasteiger partial charge in [0.05, 0.1) is 99.8 Å². The van der Waals surface area contributed by atoms with Crippen LogP contribution in [0.2, 0.25) is 0 Å². The summed E-state index contributed by atoms with van der Waals surface area (Å²) in [4.78, 5) is 15.2. The van der Waals surface area contributed by atoms with E-state index in [1.54, 1.807) is 102 Å². The normalized spacial score (nSPS) is 14.0. The number of halogens is 3. The number of thioether (sulfide) groups is 3. The fourth-order valence-electron chi connectivity index (χ4n) is 14.4. The molecule has 0 bridgehead atoms. The van der Waals surface area contributed by atoms with Crippen LogP contribution in [0.4, 0.5) is 17.1 Å². The topological polar surface area (TPSA) is 190 Å². The number of nitrogens with zero attached hydrogens (tertiary/aromatic N) is 8. The lowest BCUT2D eigenvalue weighted by atomic mass is 10.2. The van der Waals surface area contributed by atoms with E-state index in [0.717, 1.165) is 123 Å². The Balaban J connectivity index is 0.000000184. The van der Waals surface area contributed by atoms with Crippen molar-refractivity contribution < 1.29 is 116 Å². The predicted molar refractivity (Wildman–Crippen MR) is 514 cm³/mol. The first kappa shape index (κ1) is 101. The molecule has 3 aliphatic rings. The number of benzene rings is 8. The molecule has 16 rings (SSSR count). The van der Waals surface area contributed by atoms with Crippen molar-refractivity contribution in [2.45, 2.75) is 137 Å². The maximum Gasteiger partial charge on any atom is 0.264 e. The maximum absolute atomic E-state index is 11.5. The van der Waals surface area contributed by atoms with Crippen LogP contribution in [-0.4, -0.2) is 114 Å². The summed E-state index contributed by atoms with van der Waals surface area (Å²) in [5, 5.41) is 47.1. The second-order valence-electron chi connectivity index (χ2n) is 29.9. The fraction of sp³-hybridized carbons (Fsp3) is 0.316. The third-order valence-electron chi connectivity index (χ3n) is 20.1. The number of anilines is 3. The molecule has 8 aromatic carbocycles. The van der Waals surface area contributed by atoms with Gasteiger partial charge in [-0.05, 0) is 229 Å². The predicted octanol–water partition coefficient (Wildman–Crippen LogP) is 11.6. The second-order valence-corrected chi connectivity index (χ2v) is 40.4. The molecule has 0 spiro atoms. The van der Waals surface area contributed by atoms with Crippen molar-refractivity contribution in [3.63, 3.8) is 0 Å². The second kappa shape index (κ2) is 47.3. The third-order valence-corrected chi connectivity index (χ3v) is 29.4. The first-order valence-corrected chi connectivity index (χ1v) is 49.0. The Kier molecular flexibility index (Phi) is 38.4. The third kappa shape index (κ3) is 25.8. The number of aliphatic hydroxyl groups is 4. The van der Waals surface area contributed by atoms with E-state index in [2.05, 4.69) is 254 Å². The van der Waals surface area contributed by atoms with E-state index in [4.69, 9.17) is 23.5 Å². The molecule has 125 heavy (non-hydrogen) atoms. The van der Waals surface area contributed by atoms with Crippen LogP contribution in [0.15, 0.2) is 210 Å². The van der Waals surface area contributed by atoms with Crippen molar-refractivity contribution in [2.75, 3.05) is 95.0 Å². The van der Waals surface area contributed by atoms with Gasteiger partial charge in [0.25, 0.3) is 25.1 Å².